The summed E-state index contributed by atoms with van der Waals surface area (Å²) in [7, 11) is 0. The lowest BCUT2D eigenvalue weighted by atomic mass is 10.2. The first kappa shape index (κ1) is 13.0. The van der Waals surface area contributed by atoms with Crippen molar-refractivity contribution in [2.75, 3.05) is 5.32 Å². The molecule has 8 heteroatoms. The number of halogens is 3. The maximum atomic E-state index is 10.9. The van der Waals surface area contributed by atoms with E-state index in [9.17, 15) is 14.9 Å². The summed E-state index contributed by atoms with van der Waals surface area (Å²) in [4.78, 5) is 20.9. The molecule has 0 unspecified atom stereocenters. The maximum Gasteiger partial charge on any atom is 0.314 e. The highest BCUT2D eigenvalue weighted by Gasteiger charge is 2.25. The zero-order valence-electron chi connectivity index (χ0n) is 7.88. The molecule has 1 amide bonds. The number of nitrogens with one attached hydrogen (secondary N) is 1. The van der Waals surface area contributed by atoms with Gasteiger partial charge in [-0.25, -0.2) is 0 Å². The van der Waals surface area contributed by atoms with Crippen LogP contribution < -0.4 is 5.32 Å². The summed E-state index contributed by atoms with van der Waals surface area (Å²) >= 11 is 17.0. The third kappa shape index (κ3) is 2.55. The molecule has 0 atom stereocenters. The molecule has 1 N–H and O–H groups in total. The quantitative estimate of drug-likeness (QED) is 0.513. The molecule has 1 aromatic rings. The Morgan fingerprint density at radius 3 is 2.38 bits per heavy atom. The number of amides is 1. The van der Waals surface area contributed by atoms with E-state index in [0.29, 0.717) is 0 Å². The van der Waals surface area contributed by atoms with Gasteiger partial charge in [-0.1, -0.05) is 34.8 Å². The number of benzene rings is 1. The Hall–Kier alpha value is -1.04. The van der Waals surface area contributed by atoms with E-state index < -0.39 is 16.5 Å². The highest BCUT2D eigenvalue weighted by molar-refractivity contribution is 6.46. The van der Waals surface area contributed by atoms with Crippen molar-refractivity contribution in [3.8, 4) is 0 Å². The van der Waals surface area contributed by atoms with Gasteiger partial charge in [0.25, 0.3) is 0 Å². The van der Waals surface area contributed by atoms with Crippen LogP contribution in [0.15, 0.2) is 6.07 Å². The van der Waals surface area contributed by atoms with E-state index in [2.05, 4.69) is 5.32 Å². The summed E-state index contributed by atoms with van der Waals surface area (Å²) in [5, 5.41) is 12.7. The largest absolute Gasteiger partial charge is 0.319 e. The van der Waals surface area contributed by atoms with E-state index in [4.69, 9.17) is 34.8 Å². The molecule has 0 spiro atoms. The number of hydrogen-bond donors (Lipinski definition) is 1. The molecular weight excluding hydrogens is 278 g/mol. The number of anilines is 1. The second kappa shape index (κ2) is 4.86. The molecule has 0 radical (unpaired) electrons. The first-order valence-corrected chi connectivity index (χ1v) is 5.07. The third-order valence-corrected chi connectivity index (χ3v) is 2.71. The molecule has 0 aliphatic rings. The summed E-state index contributed by atoms with van der Waals surface area (Å²) in [6.07, 6.45) is 0. The smallest absolute Gasteiger partial charge is 0.314 e. The predicted octanol–water partition coefficient (Wildman–Crippen LogP) is 3.51. The molecule has 0 saturated carbocycles. The Bertz CT molecular complexity index is 476. The standard InChI is InChI=1S/C8H5Cl3N2O3/c1-3(14)12-7-5(10)2-4(9)6(11)8(7)13(15)16/h2H,1H3,(H,12,14). The lowest BCUT2D eigenvalue weighted by Gasteiger charge is -2.08. The second-order valence-corrected chi connectivity index (χ2v) is 4.01. The molecule has 86 valence electrons. The molecule has 5 nitrogen and oxygen atoms in total. The van der Waals surface area contributed by atoms with Crippen LogP contribution in [0.4, 0.5) is 11.4 Å². The molecule has 0 heterocycles. The van der Waals surface area contributed by atoms with Crippen molar-refractivity contribution < 1.29 is 9.72 Å². The van der Waals surface area contributed by atoms with E-state index in [-0.39, 0.29) is 20.8 Å². The number of hydrogen-bond acceptors (Lipinski definition) is 3. The number of carbonyl (C=O) groups is 1. The van der Waals surface area contributed by atoms with E-state index >= 15 is 0 Å². The Morgan fingerprint density at radius 2 is 1.94 bits per heavy atom. The fourth-order valence-corrected chi connectivity index (χ4v) is 1.77. The van der Waals surface area contributed by atoms with Crippen LogP contribution in [0.2, 0.25) is 15.1 Å². The predicted molar refractivity (Wildman–Crippen MR) is 62.4 cm³/mol. The van der Waals surface area contributed by atoms with Crippen LogP contribution in [0.1, 0.15) is 6.92 Å². The van der Waals surface area contributed by atoms with Crippen molar-refractivity contribution in [1.82, 2.24) is 0 Å². The van der Waals surface area contributed by atoms with Crippen molar-refractivity contribution in [3.63, 3.8) is 0 Å². The first-order valence-electron chi connectivity index (χ1n) is 3.94. The van der Waals surface area contributed by atoms with E-state index in [1.165, 1.54) is 13.0 Å². The van der Waals surface area contributed by atoms with Crippen LogP contribution >= 0.6 is 34.8 Å². The van der Waals surface area contributed by atoms with Crippen LogP contribution in [0.5, 0.6) is 0 Å². The lowest BCUT2D eigenvalue weighted by Crippen LogP contribution is -2.09. The van der Waals surface area contributed by atoms with Gasteiger partial charge in [0.1, 0.15) is 10.7 Å². The normalized spacial score (nSPS) is 10.0. The number of rotatable bonds is 2. The van der Waals surface area contributed by atoms with Crippen LogP contribution in [-0.2, 0) is 4.79 Å². The molecular formula is C8H5Cl3N2O3. The van der Waals surface area contributed by atoms with Crippen molar-refractivity contribution in [2.24, 2.45) is 0 Å². The van der Waals surface area contributed by atoms with Gasteiger partial charge in [0.2, 0.25) is 5.91 Å². The SMILES string of the molecule is CC(=O)Nc1c(Cl)cc(Cl)c(Cl)c1[N+](=O)[O-]. The molecule has 1 rings (SSSR count). The molecule has 0 aromatic heterocycles. The Labute approximate surface area is 105 Å². The number of nitro benzene ring substituents is 1. The topological polar surface area (TPSA) is 72.2 Å². The minimum atomic E-state index is -0.759. The van der Waals surface area contributed by atoms with Crippen molar-refractivity contribution in [1.29, 1.82) is 0 Å². The molecule has 1 aromatic carbocycles. The maximum absolute atomic E-state index is 10.9. The third-order valence-electron chi connectivity index (χ3n) is 1.63. The summed E-state index contributed by atoms with van der Waals surface area (Å²) < 4.78 is 0. The number of nitro groups is 1. The minimum absolute atomic E-state index is 0.0451. The van der Waals surface area contributed by atoms with Crippen molar-refractivity contribution in [3.05, 3.63) is 31.2 Å². The van der Waals surface area contributed by atoms with Gasteiger partial charge in [-0.3, -0.25) is 14.9 Å². The molecule has 0 aliphatic heterocycles. The average Bonchev–Trinajstić information content (AvgIpc) is 2.13. The number of nitrogens with zero attached hydrogens (tertiary/aromatic N) is 1. The lowest BCUT2D eigenvalue weighted by molar-refractivity contribution is -0.383. The fraction of sp³-hybridized carbons (Fsp3) is 0.125. The van der Waals surface area contributed by atoms with Gasteiger partial charge < -0.3 is 5.32 Å². The minimum Gasteiger partial charge on any atom is -0.319 e. The Balaban J connectivity index is 3.50. The van der Waals surface area contributed by atoms with E-state index in [1.54, 1.807) is 0 Å². The molecule has 0 saturated heterocycles. The van der Waals surface area contributed by atoms with Crippen LogP contribution in [0.25, 0.3) is 0 Å². The average molecular weight is 283 g/mol. The van der Waals surface area contributed by atoms with Gasteiger partial charge >= 0.3 is 5.69 Å². The second-order valence-electron chi connectivity index (χ2n) is 2.82. The van der Waals surface area contributed by atoms with Gasteiger partial charge in [-0.2, -0.15) is 0 Å². The number of carbonyl (C=O) groups excluding carboxylic acids is 1. The summed E-state index contributed by atoms with van der Waals surface area (Å²) in [6.45, 7) is 1.20. The Morgan fingerprint density at radius 1 is 1.38 bits per heavy atom. The van der Waals surface area contributed by atoms with E-state index in [0.717, 1.165) is 0 Å². The highest BCUT2D eigenvalue weighted by atomic mass is 35.5. The highest BCUT2D eigenvalue weighted by Crippen LogP contribution is 2.42. The van der Waals surface area contributed by atoms with Crippen molar-refractivity contribution >= 4 is 52.1 Å². The van der Waals surface area contributed by atoms with Crippen LogP contribution in [0, 0.1) is 10.1 Å². The molecule has 0 bridgehead atoms. The van der Waals surface area contributed by atoms with Crippen molar-refractivity contribution in [2.45, 2.75) is 6.92 Å². The zero-order valence-corrected chi connectivity index (χ0v) is 10.2. The summed E-state index contributed by atoms with van der Waals surface area (Å²) in [5.41, 5.74) is -0.678. The summed E-state index contributed by atoms with van der Waals surface area (Å²) in [5.74, 6) is -0.497. The first-order chi connectivity index (χ1) is 7.34. The Kier molecular flexibility index (Phi) is 3.96. The summed E-state index contributed by atoms with van der Waals surface area (Å²) in [6, 6.07) is 1.23. The van der Waals surface area contributed by atoms with Gasteiger partial charge in [0.05, 0.1) is 15.0 Å². The van der Waals surface area contributed by atoms with Gasteiger partial charge in [-0.15, -0.1) is 0 Å². The van der Waals surface area contributed by atoms with Gasteiger partial charge in [0, 0.05) is 6.92 Å². The van der Waals surface area contributed by atoms with Crippen LogP contribution in [0.3, 0.4) is 0 Å². The molecule has 0 aliphatic carbocycles. The van der Waals surface area contributed by atoms with Gasteiger partial charge in [-0.05, 0) is 6.07 Å². The molecule has 16 heavy (non-hydrogen) atoms. The zero-order chi connectivity index (χ0) is 12.5. The monoisotopic (exact) mass is 282 g/mol. The van der Waals surface area contributed by atoms with Crippen LogP contribution in [-0.4, -0.2) is 10.8 Å². The fourth-order valence-electron chi connectivity index (χ4n) is 1.05. The van der Waals surface area contributed by atoms with E-state index in [1.807, 2.05) is 0 Å². The molecule has 0 fully saturated rings. The van der Waals surface area contributed by atoms with Gasteiger partial charge in [0.15, 0.2) is 0 Å².